The van der Waals surface area contributed by atoms with Crippen LogP contribution in [0.2, 0.25) is 0 Å². The van der Waals surface area contributed by atoms with Gasteiger partial charge in [0.1, 0.15) is 0 Å². The monoisotopic (exact) mass is 814 g/mol. The summed E-state index contributed by atoms with van der Waals surface area (Å²) in [7, 11) is 0. The van der Waals surface area contributed by atoms with Gasteiger partial charge in [-0.1, -0.05) is 262 Å². The van der Waals surface area contributed by atoms with Gasteiger partial charge in [-0.05, 0) is 51.4 Å². The Bertz CT molecular complexity index is 882. The molecule has 0 aliphatic heterocycles. The average Bonchev–Trinajstić information content (AvgIpc) is 3.23. The van der Waals surface area contributed by atoms with Crippen LogP contribution < -0.4 is 5.32 Å². The lowest BCUT2D eigenvalue weighted by Gasteiger charge is -2.20. The molecule has 0 bridgehead atoms. The first-order valence-electron chi connectivity index (χ1n) is 26.2. The second kappa shape index (κ2) is 50.0. The Labute approximate surface area is 363 Å². The largest absolute Gasteiger partial charge is 0.394 e. The van der Waals surface area contributed by atoms with E-state index in [0.717, 1.165) is 32.1 Å². The molecule has 0 fully saturated rings. The lowest BCUT2D eigenvalue weighted by molar-refractivity contribution is -0.123. The third-order valence-electron chi connectivity index (χ3n) is 12.1. The molecule has 58 heavy (non-hydrogen) atoms. The number of unbranched alkanes of at least 4 members (excludes halogenated alkanes) is 37. The molecule has 0 rings (SSSR count). The summed E-state index contributed by atoms with van der Waals surface area (Å²) >= 11 is 0. The molecule has 0 radical (unpaired) electrons. The van der Waals surface area contributed by atoms with Gasteiger partial charge in [0.25, 0.3) is 0 Å². The van der Waals surface area contributed by atoms with E-state index in [1.54, 1.807) is 6.08 Å². The van der Waals surface area contributed by atoms with Crippen molar-refractivity contribution in [3.05, 3.63) is 36.5 Å². The van der Waals surface area contributed by atoms with Crippen molar-refractivity contribution in [2.45, 2.75) is 296 Å². The zero-order chi connectivity index (χ0) is 42.1. The van der Waals surface area contributed by atoms with Crippen molar-refractivity contribution in [1.29, 1.82) is 0 Å². The molecule has 3 N–H and O–H groups in total. The van der Waals surface area contributed by atoms with Crippen molar-refractivity contribution in [1.82, 2.24) is 5.32 Å². The topological polar surface area (TPSA) is 69.6 Å². The average molecular weight is 814 g/mol. The summed E-state index contributed by atoms with van der Waals surface area (Å²) in [5.41, 5.74) is 0. The molecule has 0 aliphatic rings. The molecule has 2 unspecified atom stereocenters. The number of aliphatic hydroxyl groups is 2. The van der Waals surface area contributed by atoms with Gasteiger partial charge in [-0.25, -0.2) is 0 Å². The Morgan fingerprint density at radius 2 is 0.707 bits per heavy atom. The molecule has 0 aliphatic carbocycles. The van der Waals surface area contributed by atoms with Gasteiger partial charge in [0.15, 0.2) is 0 Å². The molecule has 1 amide bonds. The summed E-state index contributed by atoms with van der Waals surface area (Å²) in [6.07, 6.45) is 67.1. The van der Waals surface area contributed by atoms with E-state index in [4.69, 9.17) is 0 Å². The van der Waals surface area contributed by atoms with E-state index in [0.29, 0.717) is 6.42 Å². The van der Waals surface area contributed by atoms with Crippen LogP contribution in [0.4, 0.5) is 0 Å². The Morgan fingerprint density at radius 3 is 1.03 bits per heavy atom. The Balaban J connectivity index is 3.53. The predicted molar refractivity (Wildman–Crippen MR) is 258 cm³/mol. The van der Waals surface area contributed by atoms with E-state index in [-0.39, 0.29) is 12.5 Å². The fourth-order valence-electron chi connectivity index (χ4n) is 8.09. The lowest BCUT2D eigenvalue weighted by atomic mass is 10.0. The van der Waals surface area contributed by atoms with Gasteiger partial charge in [0, 0.05) is 6.42 Å². The van der Waals surface area contributed by atoms with Gasteiger partial charge in [-0.15, -0.1) is 0 Å². The van der Waals surface area contributed by atoms with Gasteiger partial charge >= 0.3 is 0 Å². The number of allylic oxidation sites excluding steroid dienone is 5. The summed E-state index contributed by atoms with van der Waals surface area (Å²) in [6.45, 7) is 4.33. The van der Waals surface area contributed by atoms with Crippen molar-refractivity contribution in [2.75, 3.05) is 6.61 Å². The summed E-state index contributed by atoms with van der Waals surface area (Å²) < 4.78 is 0. The first kappa shape index (κ1) is 56.6. The number of hydrogen-bond donors (Lipinski definition) is 3. The SMILES string of the molecule is CCCCCCCCCCC/C=C\C/C=C\CCCCCCCCCC(=O)NC(CO)C(O)/C=C/CCCCCCCCCCCCCCCCCCCCCCC. The van der Waals surface area contributed by atoms with Gasteiger partial charge < -0.3 is 15.5 Å². The maximum atomic E-state index is 12.4. The molecule has 342 valence electrons. The quantitative estimate of drug-likeness (QED) is 0.0423. The fraction of sp³-hybridized carbons (Fsp3) is 0.870. The number of carbonyl (C=O) groups is 1. The molecule has 0 heterocycles. The highest BCUT2D eigenvalue weighted by Gasteiger charge is 2.18. The van der Waals surface area contributed by atoms with E-state index < -0.39 is 12.1 Å². The van der Waals surface area contributed by atoms with Crippen molar-refractivity contribution >= 4 is 5.91 Å². The van der Waals surface area contributed by atoms with Crippen molar-refractivity contribution < 1.29 is 15.0 Å². The summed E-state index contributed by atoms with van der Waals surface area (Å²) in [6, 6.07) is -0.627. The van der Waals surface area contributed by atoms with Gasteiger partial charge in [-0.3, -0.25) is 4.79 Å². The summed E-state index contributed by atoms with van der Waals surface area (Å²) in [5, 5.41) is 23.1. The van der Waals surface area contributed by atoms with Crippen LogP contribution in [0.3, 0.4) is 0 Å². The molecular formula is C54H103NO3. The van der Waals surface area contributed by atoms with E-state index >= 15 is 0 Å². The minimum Gasteiger partial charge on any atom is -0.394 e. The minimum absolute atomic E-state index is 0.0685. The molecule has 2 atom stereocenters. The smallest absolute Gasteiger partial charge is 0.220 e. The van der Waals surface area contributed by atoms with Gasteiger partial charge in [0.05, 0.1) is 18.8 Å². The highest BCUT2D eigenvalue weighted by Crippen LogP contribution is 2.16. The molecule has 0 aromatic carbocycles. The zero-order valence-corrected chi connectivity index (χ0v) is 39.3. The Hall–Kier alpha value is -1.39. The highest BCUT2D eigenvalue weighted by atomic mass is 16.3. The normalized spacial score (nSPS) is 13.1. The number of hydrogen-bond acceptors (Lipinski definition) is 3. The van der Waals surface area contributed by atoms with Crippen LogP contribution in [0.1, 0.15) is 284 Å². The summed E-state index contributed by atoms with van der Waals surface area (Å²) in [4.78, 5) is 12.4. The molecule has 0 spiro atoms. The maximum Gasteiger partial charge on any atom is 0.220 e. The first-order valence-corrected chi connectivity index (χ1v) is 26.2. The lowest BCUT2D eigenvalue weighted by Crippen LogP contribution is -2.45. The third-order valence-corrected chi connectivity index (χ3v) is 12.1. The second-order valence-corrected chi connectivity index (χ2v) is 17.9. The van der Waals surface area contributed by atoms with Crippen LogP contribution in [0.25, 0.3) is 0 Å². The molecule has 0 aromatic rings. The van der Waals surface area contributed by atoms with E-state index in [1.165, 1.54) is 231 Å². The van der Waals surface area contributed by atoms with Gasteiger partial charge in [0.2, 0.25) is 5.91 Å². The van der Waals surface area contributed by atoms with Crippen LogP contribution in [-0.2, 0) is 4.79 Å². The Morgan fingerprint density at radius 1 is 0.414 bits per heavy atom. The van der Waals surface area contributed by atoms with E-state index in [9.17, 15) is 15.0 Å². The highest BCUT2D eigenvalue weighted by molar-refractivity contribution is 5.76. The van der Waals surface area contributed by atoms with Crippen LogP contribution >= 0.6 is 0 Å². The molecular weight excluding hydrogens is 711 g/mol. The Kier molecular flexibility index (Phi) is 48.8. The van der Waals surface area contributed by atoms with Gasteiger partial charge in [-0.2, -0.15) is 0 Å². The van der Waals surface area contributed by atoms with Crippen LogP contribution in [0, 0.1) is 0 Å². The first-order chi connectivity index (χ1) is 28.7. The fourth-order valence-corrected chi connectivity index (χ4v) is 8.09. The molecule has 0 aromatic heterocycles. The van der Waals surface area contributed by atoms with Crippen molar-refractivity contribution in [2.24, 2.45) is 0 Å². The van der Waals surface area contributed by atoms with E-state index in [1.807, 2.05) is 6.08 Å². The molecule has 0 saturated heterocycles. The minimum atomic E-state index is -0.843. The van der Waals surface area contributed by atoms with Crippen LogP contribution in [0.5, 0.6) is 0 Å². The number of aliphatic hydroxyl groups excluding tert-OH is 2. The number of amides is 1. The van der Waals surface area contributed by atoms with Crippen molar-refractivity contribution in [3.63, 3.8) is 0 Å². The zero-order valence-electron chi connectivity index (χ0n) is 39.3. The maximum absolute atomic E-state index is 12.4. The number of nitrogens with one attached hydrogen (secondary N) is 1. The second-order valence-electron chi connectivity index (χ2n) is 17.9. The predicted octanol–water partition coefficient (Wildman–Crippen LogP) is 16.9. The number of rotatable bonds is 48. The molecule has 4 heteroatoms. The number of carbonyl (C=O) groups excluding carboxylic acids is 1. The summed E-state index contributed by atoms with van der Waals surface area (Å²) in [5.74, 6) is -0.0685. The molecule has 4 nitrogen and oxygen atoms in total. The molecule has 0 saturated carbocycles. The van der Waals surface area contributed by atoms with Crippen LogP contribution in [0.15, 0.2) is 36.5 Å². The van der Waals surface area contributed by atoms with Crippen molar-refractivity contribution in [3.8, 4) is 0 Å². The van der Waals surface area contributed by atoms with E-state index in [2.05, 4.69) is 43.5 Å². The standard InChI is InChI=1S/C54H103NO3/c1-3-5-7-9-11-13-15-17-19-21-23-25-27-29-31-33-35-37-39-41-43-45-47-49-53(57)52(51-56)55-54(58)50-48-46-44-42-40-38-36-34-32-30-28-26-24-22-20-18-16-14-12-10-8-6-4-2/h24,26,30,32,47,49,52-53,56-57H,3-23,25,27-29,31,33-46,48,50-51H2,1-2H3,(H,55,58)/b26-24-,32-30-,49-47+. The van der Waals surface area contributed by atoms with Crippen LogP contribution in [-0.4, -0.2) is 34.9 Å². The third kappa shape index (κ3) is 45.7.